The van der Waals surface area contributed by atoms with Crippen molar-refractivity contribution < 1.29 is 0 Å². The fraction of sp³-hybridized carbons (Fsp3) is 0. The van der Waals surface area contributed by atoms with E-state index in [2.05, 4.69) is 38.6 Å². The third kappa shape index (κ3) is 1.52. The molecule has 4 aromatic rings. The highest BCUT2D eigenvalue weighted by atomic mass is 15.0. The number of nitrogens with zero attached hydrogens (tertiary/aromatic N) is 3. The molecule has 3 nitrogen and oxygen atoms in total. The number of rotatable bonds is 1. The molecule has 3 aromatic heterocycles. The maximum Gasteiger partial charge on any atom is 0.148 e. The average molecular weight is 245 g/mol. The molecule has 0 unspecified atom stereocenters. The third-order valence-corrected chi connectivity index (χ3v) is 3.32. The molecule has 90 valence electrons. The molecule has 0 aliphatic rings. The van der Waals surface area contributed by atoms with E-state index in [1.54, 1.807) is 6.33 Å². The van der Waals surface area contributed by atoms with Crippen molar-refractivity contribution in [2.75, 3.05) is 0 Å². The number of benzene rings is 1. The van der Waals surface area contributed by atoms with Gasteiger partial charge in [0.1, 0.15) is 12.0 Å². The zero-order valence-corrected chi connectivity index (χ0v) is 10.2. The number of pyridine rings is 1. The van der Waals surface area contributed by atoms with Gasteiger partial charge in [-0.15, -0.1) is 0 Å². The van der Waals surface area contributed by atoms with Gasteiger partial charge in [0.15, 0.2) is 0 Å². The van der Waals surface area contributed by atoms with Crippen molar-refractivity contribution in [1.82, 2.24) is 14.4 Å². The van der Waals surface area contributed by atoms with Crippen molar-refractivity contribution >= 4 is 16.6 Å². The van der Waals surface area contributed by atoms with E-state index in [1.807, 2.05) is 36.5 Å². The first-order valence-corrected chi connectivity index (χ1v) is 6.20. The molecule has 0 aliphatic heterocycles. The molecule has 3 heteroatoms. The molecule has 0 radical (unpaired) electrons. The summed E-state index contributed by atoms with van der Waals surface area (Å²) in [6.07, 6.45) is 3.66. The molecule has 0 saturated heterocycles. The van der Waals surface area contributed by atoms with Gasteiger partial charge in [0.05, 0.1) is 5.69 Å². The average Bonchev–Trinajstić information content (AvgIpc) is 2.87. The minimum absolute atomic E-state index is 0.949. The number of hydrogen-bond acceptors (Lipinski definition) is 2. The molecule has 0 aliphatic carbocycles. The highest BCUT2D eigenvalue weighted by molar-refractivity contribution is 5.95. The third-order valence-electron chi connectivity index (χ3n) is 3.32. The van der Waals surface area contributed by atoms with Crippen molar-refractivity contribution in [3.05, 3.63) is 67.1 Å². The van der Waals surface area contributed by atoms with Crippen molar-refractivity contribution in [1.29, 1.82) is 0 Å². The van der Waals surface area contributed by atoms with E-state index in [4.69, 9.17) is 0 Å². The highest BCUT2D eigenvalue weighted by Gasteiger charge is 2.09. The summed E-state index contributed by atoms with van der Waals surface area (Å²) in [6.45, 7) is 0. The Balaban J connectivity index is 2.13. The van der Waals surface area contributed by atoms with Gasteiger partial charge in [0.2, 0.25) is 0 Å². The van der Waals surface area contributed by atoms with Crippen LogP contribution in [0, 0.1) is 0 Å². The highest BCUT2D eigenvalue weighted by Crippen LogP contribution is 2.27. The van der Waals surface area contributed by atoms with Crippen LogP contribution in [0.4, 0.5) is 0 Å². The SMILES string of the molecule is c1ccc(-c2ncnc3c2cc2ccccn23)cc1. The normalized spacial score (nSPS) is 11.2. The molecular formula is C16H11N3. The lowest BCUT2D eigenvalue weighted by Gasteiger charge is -2.01. The van der Waals surface area contributed by atoms with E-state index in [0.717, 1.165) is 27.8 Å². The van der Waals surface area contributed by atoms with Gasteiger partial charge in [-0.3, -0.25) is 0 Å². The Hall–Kier alpha value is -2.68. The molecule has 0 amide bonds. The molecule has 4 rings (SSSR count). The second kappa shape index (κ2) is 3.92. The summed E-state index contributed by atoms with van der Waals surface area (Å²) in [5.41, 5.74) is 4.18. The summed E-state index contributed by atoms with van der Waals surface area (Å²) >= 11 is 0. The quantitative estimate of drug-likeness (QED) is 0.513. The Morgan fingerprint density at radius 1 is 0.842 bits per heavy atom. The smallest absolute Gasteiger partial charge is 0.148 e. The van der Waals surface area contributed by atoms with Crippen LogP contribution in [0.25, 0.3) is 27.8 Å². The number of hydrogen-bond donors (Lipinski definition) is 0. The lowest BCUT2D eigenvalue weighted by molar-refractivity contribution is 1.15. The molecule has 0 saturated carbocycles. The fourth-order valence-electron chi connectivity index (χ4n) is 2.45. The molecule has 0 atom stereocenters. The number of fused-ring (bicyclic) bond motifs is 3. The minimum Gasteiger partial charge on any atom is -0.301 e. The second-order valence-electron chi connectivity index (χ2n) is 4.47. The van der Waals surface area contributed by atoms with Crippen molar-refractivity contribution in [3.8, 4) is 11.3 Å². The van der Waals surface area contributed by atoms with Gasteiger partial charge in [-0.2, -0.15) is 0 Å². The zero-order chi connectivity index (χ0) is 12.7. The minimum atomic E-state index is 0.949. The maximum absolute atomic E-state index is 4.45. The van der Waals surface area contributed by atoms with Crippen molar-refractivity contribution in [2.24, 2.45) is 0 Å². The first kappa shape index (κ1) is 10.3. The lowest BCUT2D eigenvalue weighted by atomic mass is 10.1. The Morgan fingerprint density at radius 2 is 1.68 bits per heavy atom. The van der Waals surface area contributed by atoms with E-state index < -0.39 is 0 Å². The van der Waals surface area contributed by atoms with Crippen LogP contribution in [-0.4, -0.2) is 14.4 Å². The predicted molar refractivity (Wildman–Crippen MR) is 75.9 cm³/mol. The van der Waals surface area contributed by atoms with Crippen LogP contribution in [-0.2, 0) is 0 Å². The molecule has 19 heavy (non-hydrogen) atoms. The first-order chi connectivity index (χ1) is 9.43. The van der Waals surface area contributed by atoms with Gasteiger partial charge in [-0.25, -0.2) is 9.97 Å². The molecule has 0 N–H and O–H groups in total. The van der Waals surface area contributed by atoms with Crippen LogP contribution in [0.15, 0.2) is 67.1 Å². The van der Waals surface area contributed by atoms with E-state index in [-0.39, 0.29) is 0 Å². The van der Waals surface area contributed by atoms with Gasteiger partial charge in [-0.05, 0) is 18.2 Å². The van der Waals surface area contributed by atoms with Gasteiger partial charge in [-0.1, -0.05) is 36.4 Å². The summed E-state index contributed by atoms with van der Waals surface area (Å²) in [5.74, 6) is 0. The van der Waals surface area contributed by atoms with Crippen LogP contribution in [0.1, 0.15) is 0 Å². The predicted octanol–water partition coefficient (Wildman–Crippen LogP) is 3.55. The Morgan fingerprint density at radius 3 is 2.58 bits per heavy atom. The van der Waals surface area contributed by atoms with Crippen LogP contribution >= 0.6 is 0 Å². The second-order valence-corrected chi connectivity index (χ2v) is 4.47. The van der Waals surface area contributed by atoms with E-state index in [0.29, 0.717) is 0 Å². The van der Waals surface area contributed by atoms with Gasteiger partial charge < -0.3 is 4.40 Å². The van der Waals surface area contributed by atoms with Crippen LogP contribution in [0.3, 0.4) is 0 Å². The summed E-state index contributed by atoms with van der Waals surface area (Å²) in [6, 6.07) is 18.5. The molecular weight excluding hydrogens is 234 g/mol. The van der Waals surface area contributed by atoms with Gasteiger partial charge in [0, 0.05) is 22.7 Å². The van der Waals surface area contributed by atoms with E-state index in [9.17, 15) is 0 Å². The summed E-state index contributed by atoms with van der Waals surface area (Å²) in [4.78, 5) is 8.86. The zero-order valence-electron chi connectivity index (χ0n) is 10.2. The first-order valence-electron chi connectivity index (χ1n) is 6.20. The molecule has 0 fully saturated rings. The largest absolute Gasteiger partial charge is 0.301 e. The van der Waals surface area contributed by atoms with E-state index >= 15 is 0 Å². The fourth-order valence-corrected chi connectivity index (χ4v) is 2.45. The van der Waals surface area contributed by atoms with Crippen LogP contribution < -0.4 is 0 Å². The Kier molecular flexibility index (Phi) is 2.12. The molecule has 3 heterocycles. The van der Waals surface area contributed by atoms with E-state index in [1.165, 1.54) is 0 Å². The maximum atomic E-state index is 4.45. The van der Waals surface area contributed by atoms with Crippen molar-refractivity contribution in [3.63, 3.8) is 0 Å². The Bertz CT molecular complexity index is 863. The monoisotopic (exact) mass is 245 g/mol. The van der Waals surface area contributed by atoms with Crippen LogP contribution in [0.2, 0.25) is 0 Å². The lowest BCUT2D eigenvalue weighted by Crippen LogP contribution is -1.89. The molecule has 0 spiro atoms. The summed E-state index contributed by atoms with van der Waals surface area (Å²) in [7, 11) is 0. The number of aromatic nitrogens is 3. The van der Waals surface area contributed by atoms with Gasteiger partial charge in [0.25, 0.3) is 0 Å². The standard InChI is InChI=1S/C16H11N3/c1-2-6-12(7-3-1)15-14-10-13-8-4-5-9-19(13)16(14)18-11-17-15/h1-11H. The van der Waals surface area contributed by atoms with Crippen LogP contribution in [0.5, 0.6) is 0 Å². The molecule has 0 bridgehead atoms. The van der Waals surface area contributed by atoms with Gasteiger partial charge >= 0.3 is 0 Å². The summed E-state index contributed by atoms with van der Waals surface area (Å²) in [5, 5.41) is 1.08. The summed E-state index contributed by atoms with van der Waals surface area (Å²) < 4.78 is 2.09. The molecule has 1 aromatic carbocycles. The Labute approximate surface area is 110 Å². The topological polar surface area (TPSA) is 30.2 Å². The van der Waals surface area contributed by atoms with Crippen molar-refractivity contribution in [2.45, 2.75) is 0 Å².